The molecule has 0 aromatic heterocycles. The van der Waals surface area contributed by atoms with Crippen molar-refractivity contribution in [2.45, 2.75) is 24.0 Å². The Morgan fingerprint density at radius 3 is 0.875 bits per heavy atom. The first-order chi connectivity index (χ1) is 19.3. The lowest BCUT2D eigenvalue weighted by atomic mass is 9.69. The van der Waals surface area contributed by atoms with E-state index in [1.54, 1.807) is 0 Å². The number of aliphatic hydroxyl groups is 2. The van der Waals surface area contributed by atoms with Crippen LogP contribution in [0.3, 0.4) is 0 Å². The van der Waals surface area contributed by atoms with Gasteiger partial charge in [-0.25, -0.2) is 0 Å². The van der Waals surface area contributed by atoms with Gasteiger partial charge in [0.1, 0.15) is 11.2 Å². The predicted octanol–water partition coefficient (Wildman–Crippen LogP) is 5.99. The Balaban J connectivity index is 1.79. The average molecular weight is 537 g/mol. The molecule has 4 rings (SSSR count). The van der Waals surface area contributed by atoms with Gasteiger partial charge in [0.15, 0.2) is 0 Å². The Morgan fingerprint density at radius 1 is 0.450 bits per heavy atom. The van der Waals surface area contributed by atoms with Crippen LogP contribution in [0, 0.1) is 11.8 Å². The molecule has 0 saturated carbocycles. The topological polar surface area (TPSA) is 46.9 Å². The van der Waals surface area contributed by atoms with Crippen LogP contribution in [0.5, 0.6) is 0 Å². The molecule has 4 aromatic rings. The van der Waals surface area contributed by atoms with Gasteiger partial charge >= 0.3 is 0 Å². The summed E-state index contributed by atoms with van der Waals surface area (Å²) < 4.78 is 0. The molecule has 40 heavy (non-hydrogen) atoms. The molecule has 4 heteroatoms. The number of benzene rings is 4. The van der Waals surface area contributed by atoms with Gasteiger partial charge < -0.3 is 20.0 Å². The first-order valence-corrected chi connectivity index (χ1v) is 14.2. The molecule has 0 aliphatic heterocycles. The van der Waals surface area contributed by atoms with Crippen molar-refractivity contribution in [2.75, 3.05) is 41.3 Å². The third-order valence-electron chi connectivity index (χ3n) is 8.07. The predicted molar refractivity (Wildman–Crippen MR) is 165 cm³/mol. The van der Waals surface area contributed by atoms with E-state index >= 15 is 0 Å². The van der Waals surface area contributed by atoms with Gasteiger partial charge in [-0.2, -0.15) is 0 Å². The van der Waals surface area contributed by atoms with Gasteiger partial charge in [-0.05, 0) is 63.3 Å². The van der Waals surface area contributed by atoms with Crippen LogP contribution in [0.4, 0.5) is 0 Å². The zero-order valence-electron chi connectivity index (χ0n) is 24.3. The lowest BCUT2D eigenvalue weighted by Crippen LogP contribution is -2.45. The van der Waals surface area contributed by atoms with E-state index in [0.29, 0.717) is 13.1 Å². The standard InChI is InChI=1S/C36H44N2O2/c1-37(2)27-33(35(39,29-17-9-5-10-18-29)30-19-11-6-12-20-30)25-26-34(28-38(3)4)36(40,31-21-13-7-14-22-31)32-23-15-8-16-24-32/h5-24,33-34,39-40H,25-28H2,1-4H3/t33-,34-/m0/s1. The van der Waals surface area contributed by atoms with Crippen molar-refractivity contribution >= 4 is 0 Å². The Hall–Kier alpha value is -3.28. The molecule has 4 aromatic carbocycles. The maximum atomic E-state index is 12.7. The maximum absolute atomic E-state index is 12.7. The quantitative estimate of drug-likeness (QED) is 0.220. The molecule has 0 fully saturated rings. The minimum Gasteiger partial charge on any atom is -0.380 e. The molecule has 0 bridgehead atoms. The number of rotatable bonds is 13. The second kappa shape index (κ2) is 13.4. The van der Waals surface area contributed by atoms with Crippen molar-refractivity contribution in [2.24, 2.45) is 11.8 Å². The van der Waals surface area contributed by atoms with Gasteiger partial charge in [-0.15, -0.1) is 0 Å². The molecule has 0 saturated heterocycles. The van der Waals surface area contributed by atoms with Crippen LogP contribution in [0.25, 0.3) is 0 Å². The third-order valence-corrected chi connectivity index (χ3v) is 8.07. The van der Waals surface area contributed by atoms with Crippen molar-refractivity contribution in [1.82, 2.24) is 9.80 Å². The van der Waals surface area contributed by atoms with E-state index in [9.17, 15) is 10.2 Å². The lowest BCUT2D eigenvalue weighted by Gasteiger charge is -2.42. The molecule has 2 atom stereocenters. The van der Waals surface area contributed by atoms with Crippen molar-refractivity contribution in [3.05, 3.63) is 144 Å². The fraction of sp³-hybridized carbons (Fsp3) is 0.333. The molecule has 0 spiro atoms. The first kappa shape index (κ1) is 29.7. The molecule has 0 aliphatic carbocycles. The van der Waals surface area contributed by atoms with Crippen LogP contribution in [0.1, 0.15) is 35.1 Å². The van der Waals surface area contributed by atoms with Gasteiger partial charge in [-0.1, -0.05) is 121 Å². The van der Waals surface area contributed by atoms with E-state index < -0.39 is 11.2 Å². The van der Waals surface area contributed by atoms with Gasteiger partial charge in [0, 0.05) is 24.9 Å². The third kappa shape index (κ3) is 6.54. The Morgan fingerprint density at radius 2 is 0.675 bits per heavy atom. The van der Waals surface area contributed by atoms with Crippen LogP contribution in [-0.4, -0.2) is 61.3 Å². The number of nitrogens with zero attached hydrogens (tertiary/aromatic N) is 2. The van der Waals surface area contributed by atoms with Gasteiger partial charge in [0.2, 0.25) is 0 Å². The molecule has 0 unspecified atom stereocenters. The van der Waals surface area contributed by atoms with Crippen LogP contribution in [0.2, 0.25) is 0 Å². The molecule has 0 aliphatic rings. The Labute approximate surface area is 240 Å². The zero-order chi connectivity index (χ0) is 28.6. The smallest absolute Gasteiger partial charge is 0.119 e. The number of hydrogen-bond donors (Lipinski definition) is 2. The fourth-order valence-corrected chi connectivity index (χ4v) is 6.19. The molecule has 4 nitrogen and oxygen atoms in total. The summed E-state index contributed by atoms with van der Waals surface area (Å²) in [6.07, 6.45) is 1.44. The minimum atomic E-state index is -1.19. The van der Waals surface area contributed by atoms with Crippen molar-refractivity contribution in [1.29, 1.82) is 0 Å². The summed E-state index contributed by atoms with van der Waals surface area (Å²) in [5.74, 6) is -0.236. The SMILES string of the molecule is CN(C)C[C@H](CC[C@@H](CN(C)C)C(O)(c1ccccc1)c1ccccc1)C(O)(c1ccccc1)c1ccccc1. The van der Waals surface area contributed by atoms with Crippen molar-refractivity contribution < 1.29 is 10.2 Å². The van der Waals surface area contributed by atoms with E-state index in [1.807, 2.05) is 121 Å². The normalized spacial score (nSPS) is 13.9. The summed E-state index contributed by atoms with van der Waals surface area (Å²) in [5, 5.41) is 25.4. The van der Waals surface area contributed by atoms with Crippen molar-refractivity contribution in [3.63, 3.8) is 0 Å². The van der Waals surface area contributed by atoms with Crippen LogP contribution in [0.15, 0.2) is 121 Å². The van der Waals surface area contributed by atoms with E-state index in [1.165, 1.54) is 0 Å². The highest BCUT2D eigenvalue weighted by Crippen LogP contribution is 2.44. The molecular weight excluding hydrogens is 492 g/mol. The first-order valence-electron chi connectivity index (χ1n) is 14.2. The molecule has 210 valence electrons. The monoisotopic (exact) mass is 536 g/mol. The summed E-state index contributed by atoms with van der Waals surface area (Å²) in [6.45, 7) is 1.40. The number of hydrogen-bond acceptors (Lipinski definition) is 4. The summed E-state index contributed by atoms with van der Waals surface area (Å²) in [7, 11) is 8.24. The summed E-state index contributed by atoms with van der Waals surface area (Å²) in [4.78, 5) is 4.31. The van der Waals surface area contributed by atoms with E-state index in [4.69, 9.17) is 0 Å². The average Bonchev–Trinajstić information content (AvgIpc) is 2.99. The van der Waals surface area contributed by atoms with E-state index in [-0.39, 0.29) is 11.8 Å². The van der Waals surface area contributed by atoms with E-state index in [0.717, 1.165) is 35.1 Å². The Kier molecular flexibility index (Phi) is 9.94. The summed E-state index contributed by atoms with van der Waals surface area (Å²) in [6, 6.07) is 40.1. The Bertz CT molecular complexity index is 1100. The van der Waals surface area contributed by atoms with Crippen LogP contribution in [-0.2, 0) is 11.2 Å². The molecule has 0 radical (unpaired) electrons. The second-order valence-electron chi connectivity index (χ2n) is 11.5. The minimum absolute atomic E-state index is 0.118. The molecule has 0 amide bonds. The molecular formula is C36H44N2O2. The largest absolute Gasteiger partial charge is 0.380 e. The summed E-state index contributed by atoms with van der Waals surface area (Å²) in [5.41, 5.74) is 1.18. The van der Waals surface area contributed by atoms with E-state index in [2.05, 4.69) is 38.0 Å². The van der Waals surface area contributed by atoms with Gasteiger partial charge in [0.05, 0.1) is 0 Å². The molecule has 0 heterocycles. The highest BCUT2D eigenvalue weighted by atomic mass is 16.3. The van der Waals surface area contributed by atoms with Crippen molar-refractivity contribution in [3.8, 4) is 0 Å². The van der Waals surface area contributed by atoms with Crippen LogP contribution < -0.4 is 0 Å². The maximum Gasteiger partial charge on any atom is 0.119 e. The summed E-state index contributed by atoms with van der Waals surface area (Å²) >= 11 is 0. The fourth-order valence-electron chi connectivity index (χ4n) is 6.19. The highest BCUT2D eigenvalue weighted by Gasteiger charge is 2.44. The molecule has 2 N–H and O–H groups in total. The van der Waals surface area contributed by atoms with Crippen LogP contribution >= 0.6 is 0 Å². The highest BCUT2D eigenvalue weighted by molar-refractivity contribution is 5.39. The lowest BCUT2D eigenvalue weighted by molar-refractivity contribution is -0.0246. The zero-order valence-corrected chi connectivity index (χ0v) is 24.3. The van der Waals surface area contributed by atoms with Gasteiger partial charge in [0.25, 0.3) is 0 Å². The van der Waals surface area contributed by atoms with Gasteiger partial charge in [-0.3, -0.25) is 0 Å². The second-order valence-corrected chi connectivity index (χ2v) is 11.5.